The third-order valence-electron chi connectivity index (χ3n) is 5.14. The minimum atomic E-state index is -0.248. The van der Waals surface area contributed by atoms with Gasteiger partial charge in [0.2, 0.25) is 0 Å². The number of H-pyrrole nitrogens is 1. The molecule has 0 bridgehead atoms. The third-order valence-corrected chi connectivity index (χ3v) is 5.14. The van der Waals surface area contributed by atoms with E-state index in [9.17, 15) is 9.18 Å². The Balaban J connectivity index is 1.50. The van der Waals surface area contributed by atoms with Crippen LogP contribution in [-0.4, -0.2) is 39.9 Å². The molecule has 2 heterocycles. The Labute approximate surface area is 162 Å². The van der Waals surface area contributed by atoms with Gasteiger partial charge in [0, 0.05) is 19.0 Å². The number of ether oxygens (including phenoxy) is 1. The Hall–Kier alpha value is -2.93. The van der Waals surface area contributed by atoms with Gasteiger partial charge in [-0.2, -0.15) is 4.68 Å². The Kier molecular flexibility index (Phi) is 5.25. The van der Waals surface area contributed by atoms with Crippen LogP contribution in [0, 0.1) is 5.82 Å². The molecule has 146 valence electrons. The fourth-order valence-corrected chi connectivity index (χ4v) is 3.74. The summed E-state index contributed by atoms with van der Waals surface area (Å²) >= 11 is 0. The normalized spacial score (nSPS) is 17.6. The van der Waals surface area contributed by atoms with Crippen molar-refractivity contribution in [2.45, 2.75) is 25.3 Å². The van der Waals surface area contributed by atoms with Crippen LogP contribution in [0.25, 0.3) is 5.69 Å². The van der Waals surface area contributed by atoms with E-state index < -0.39 is 0 Å². The molecule has 1 saturated heterocycles. The average Bonchev–Trinajstić information content (AvgIpc) is 3.10. The number of nitrogens with zero attached hydrogens (tertiary/aromatic N) is 3. The fourth-order valence-electron chi connectivity index (χ4n) is 3.74. The first-order chi connectivity index (χ1) is 13.6. The molecule has 0 unspecified atom stereocenters. The van der Waals surface area contributed by atoms with Crippen LogP contribution in [0.2, 0.25) is 0 Å². The van der Waals surface area contributed by atoms with Gasteiger partial charge in [0.15, 0.2) is 0 Å². The van der Waals surface area contributed by atoms with Gasteiger partial charge in [-0.3, -0.25) is 9.88 Å². The van der Waals surface area contributed by atoms with E-state index in [2.05, 4.69) is 15.0 Å². The molecular weight excluding hydrogens is 359 g/mol. The lowest BCUT2D eigenvalue weighted by Crippen LogP contribution is -2.34. The van der Waals surface area contributed by atoms with Gasteiger partial charge in [0.05, 0.1) is 12.8 Å². The highest BCUT2D eigenvalue weighted by Gasteiger charge is 2.25. The van der Waals surface area contributed by atoms with Crippen LogP contribution in [0.15, 0.2) is 53.3 Å². The highest BCUT2D eigenvalue weighted by molar-refractivity contribution is 5.36. The number of nitrogens with one attached hydrogen (secondary N) is 1. The summed E-state index contributed by atoms with van der Waals surface area (Å²) in [5.74, 6) is 1.36. The number of benzene rings is 2. The Bertz CT molecular complexity index is 996. The molecule has 0 aliphatic carbocycles. The molecule has 1 fully saturated rings. The number of methoxy groups -OCH3 is 1. The molecule has 2 aromatic carbocycles. The predicted octanol–water partition coefficient (Wildman–Crippen LogP) is 3.09. The van der Waals surface area contributed by atoms with Gasteiger partial charge in [0.1, 0.15) is 17.4 Å². The summed E-state index contributed by atoms with van der Waals surface area (Å²) in [6.45, 7) is 2.43. The third kappa shape index (κ3) is 3.99. The molecule has 3 aromatic rings. The lowest BCUT2D eigenvalue weighted by Gasteiger charge is -2.31. The second-order valence-corrected chi connectivity index (χ2v) is 7.13. The largest absolute Gasteiger partial charge is 0.497 e. The van der Waals surface area contributed by atoms with Gasteiger partial charge in [-0.1, -0.05) is 12.1 Å². The number of halogens is 1. The maximum Gasteiger partial charge on any atom is 0.348 e. The van der Waals surface area contributed by atoms with Crippen LogP contribution < -0.4 is 10.4 Å². The summed E-state index contributed by atoms with van der Waals surface area (Å²) in [5, 5.41) is 4.54. The number of likely N-dealkylation sites (tertiary alicyclic amines) is 1. The quantitative estimate of drug-likeness (QED) is 0.737. The zero-order valence-electron chi connectivity index (χ0n) is 15.8. The molecule has 0 radical (unpaired) electrons. The van der Waals surface area contributed by atoms with Crippen LogP contribution in [0.1, 0.15) is 30.1 Å². The minimum absolute atomic E-state index is 0.148. The minimum Gasteiger partial charge on any atom is -0.497 e. The van der Waals surface area contributed by atoms with Crippen molar-refractivity contribution in [3.8, 4) is 11.4 Å². The second kappa shape index (κ2) is 7.98. The van der Waals surface area contributed by atoms with Crippen LogP contribution in [0.5, 0.6) is 5.75 Å². The van der Waals surface area contributed by atoms with Crippen molar-refractivity contribution in [2.24, 2.45) is 0 Å². The first-order valence-electron chi connectivity index (χ1n) is 9.43. The molecule has 1 aromatic heterocycles. The zero-order chi connectivity index (χ0) is 19.5. The first-order valence-corrected chi connectivity index (χ1v) is 9.43. The molecule has 1 N–H and O–H groups in total. The summed E-state index contributed by atoms with van der Waals surface area (Å²) < 4.78 is 20.0. The van der Waals surface area contributed by atoms with Crippen molar-refractivity contribution in [1.29, 1.82) is 0 Å². The molecule has 1 aliphatic rings. The number of piperidine rings is 1. The maximum absolute atomic E-state index is 13.4. The first kappa shape index (κ1) is 18.4. The van der Waals surface area contributed by atoms with Gasteiger partial charge >= 0.3 is 5.69 Å². The smallest absolute Gasteiger partial charge is 0.348 e. The van der Waals surface area contributed by atoms with E-state index in [-0.39, 0.29) is 17.4 Å². The van der Waals surface area contributed by atoms with E-state index in [0.29, 0.717) is 18.1 Å². The van der Waals surface area contributed by atoms with E-state index in [1.807, 2.05) is 18.2 Å². The van der Waals surface area contributed by atoms with Crippen LogP contribution in [0.4, 0.5) is 4.39 Å². The molecule has 4 rings (SSSR count). The second-order valence-electron chi connectivity index (χ2n) is 7.13. The standard InChI is InChI=1S/C21H23FN4O2/c1-28-19-9-7-18(8-10-19)26-21(27)23-20(24-26)16-5-3-11-25(14-16)13-15-4-2-6-17(22)12-15/h2,4,6-10,12,16H,3,5,11,13-14H2,1H3,(H,23,24,27)/t16-/m0/s1. The van der Waals surface area contributed by atoms with Gasteiger partial charge in [-0.25, -0.2) is 9.18 Å². The van der Waals surface area contributed by atoms with Crippen molar-refractivity contribution in [1.82, 2.24) is 19.7 Å². The number of hydrogen-bond donors (Lipinski definition) is 1. The van der Waals surface area contributed by atoms with Crippen molar-refractivity contribution < 1.29 is 9.13 Å². The van der Waals surface area contributed by atoms with Crippen LogP contribution in [-0.2, 0) is 6.54 Å². The molecule has 0 amide bonds. The summed E-state index contributed by atoms with van der Waals surface area (Å²) in [4.78, 5) is 17.6. The van der Waals surface area contributed by atoms with Crippen molar-refractivity contribution >= 4 is 0 Å². The number of hydrogen-bond acceptors (Lipinski definition) is 4. The van der Waals surface area contributed by atoms with E-state index >= 15 is 0 Å². The van der Waals surface area contributed by atoms with Crippen LogP contribution >= 0.6 is 0 Å². The lowest BCUT2D eigenvalue weighted by molar-refractivity contribution is 0.196. The van der Waals surface area contributed by atoms with Gasteiger partial charge in [0.25, 0.3) is 0 Å². The SMILES string of the molecule is COc1ccc(-n2nc([C@H]3CCCN(Cc4cccc(F)c4)C3)[nH]c2=O)cc1. The fraction of sp³-hybridized carbons (Fsp3) is 0.333. The molecule has 28 heavy (non-hydrogen) atoms. The lowest BCUT2D eigenvalue weighted by atomic mass is 9.97. The van der Waals surface area contributed by atoms with E-state index in [1.54, 1.807) is 31.4 Å². The molecule has 6 nitrogen and oxygen atoms in total. The zero-order valence-corrected chi connectivity index (χ0v) is 15.8. The van der Waals surface area contributed by atoms with Crippen molar-refractivity contribution in [3.63, 3.8) is 0 Å². The van der Waals surface area contributed by atoms with Crippen LogP contribution in [0.3, 0.4) is 0 Å². The Morgan fingerprint density at radius 3 is 2.82 bits per heavy atom. The van der Waals surface area contributed by atoms with Gasteiger partial charge in [-0.05, 0) is 61.3 Å². The number of aromatic amines is 1. The average molecular weight is 382 g/mol. The molecule has 0 spiro atoms. The van der Waals surface area contributed by atoms with E-state index in [1.165, 1.54) is 10.7 Å². The monoisotopic (exact) mass is 382 g/mol. The Morgan fingerprint density at radius 2 is 2.07 bits per heavy atom. The van der Waals surface area contributed by atoms with E-state index in [4.69, 9.17) is 4.74 Å². The van der Waals surface area contributed by atoms with E-state index in [0.717, 1.165) is 37.2 Å². The molecule has 7 heteroatoms. The molecular formula is C21H23FN4O2. The number of aromatic nitrogens is 3. The molecule has 1 aliphatic heterocycles. The summed E-state index contributed by atoms with van der Waals surface area (Å²) in [6.07, 6.45) is 1.98. The maximum atomic E-state index is 13.4. The predicted molar refractivity (Wildman–Crippen MR) is 104 cm³/mol. The molecule has 0 saturated carbocycles. The summed E-state index contributed by atoms with van der Waals surface area (Å²) in [7, 11) is 1.60. The highest BCUT2D eigenvalue weighted by Crippen LogP contribution is 2.25. The highest BCUT2D eigenvalue weighted by atomic mass is 19.1. The van der Waals surface area contributed by atoms with Crippen molar-refractivity contribution in [2.75, 3.05) is 20.2 Å². The van der Waals surface area contributed by atoms with Crippen molar-refractivity contribution in [3.05, 3.63) is 76.2 Å². The summed E-state index contributed by atoms with van der Waals surface area (Å²) in [6, 6.07) is 13.9. The van der Waals surface area contributed by atoms with Gasteiger partial charge in [-0.15, -0.1) is 5.10 Å². The van der Waals surface area contributed by atoms with Gasteiger partial charge < -0.3 is 4.74 Å². The summed E-state index contributed by atoms with van der Waals surface area (Å²) in [5.41, 5.74) is 1.40. The topological polar surface area (TPSA) is 63.1 Å². The number of rotatable bonds is 5. The Morgan fingerprint density at radius 1 is 1.25 bits per heavy atom. The molecule has 1 atom stereocenters.